The Labute approximate surface area is 204 Å². The number of carbonyl (C=O) groups is 3. The van der Waals surface area contributed by atoms with Gasteiger partial charge in [-0.15, -0.1) is 0 Å². The fourth-order valence-electron chi connectivity index (χ4n) is 6.58. The number of hydrogen-bond acceptors (Lipinski definition) is 4. The maximum absolute atomic E-state index is 13.1. The number of benzene rings is 2. The first-order valence-corrected chi connectivity index (χ1v) is 12.6. The molecule has 0 radical (unpaired) electrons. The van der Waals surface area contributed by atoms with Crippen LogP contribution in [0.4, 0.5) is 4.79 Å². The van der Waals surface area contributed by atoms with E-state index in [0.717, 1.165) is 30.4 Å². The number of alkyl carbamates (subject to hydrolysis) is 1. The molecule has 7 rings (SSSR count). The molecule has 2 aromatic rings. The van der Waals surface area contributed by atoms with Crippen LogP contribution in [0, 0.1) is 11.8 Å². The second-order valence-electron chi connectivity index (χ2n) is 10.6. The number of hydrogen-bond donors (Lipinski definition) is 2. The van der Waals surface area contributed by atoms with E-state index in [9.17, 15) is 19.5 Å². The van der Waals surface area contributed by atoms with Crippen molar-refractivity contribution in [2.24, 2.45) is 11.8 Å². The van der Waals surface area contributed by atoms with Gasteiger partial charge in [0.2, 0.25) is 5.91 Å². The van der Waals surface area contributed by atoms with Crippen molar-refractivity contribution in [3.05, 3.63) is 59.7 Å². The molecule has 7 nitrogen and oxygen atoms in total. The number of amides is 2. The Balaban J connectivity index is 1.11. The molecule has 1 atom stereocenters. The molecule has 2 bridgehead atoms. The second-order valence-corrected chi connectivity index (χ2v) is 10.6. The van der Waals surface area contributed by atoms with Gasteiger partial charge in [-0.25, -0.2) is 9.59 Å². The minimum absolute atomic E-state index is 0.0243. The van der Waals surface area contributed by atoms with Crippen LogP contribution >= 0.6 is 0 Å². The van der Waals surface area contributed by atoms with Gasteiger partial charge in [-0.1, -0.05) is 55.0 Å². The Morgan fingerprint density at radius 2 is 1.66 bits per heavy atom. The van der Waals surface area contributed by atoms with Crippen LogP contribution in [0.15, 0.2) is 48.5 Å². The van der Waals surface area contributed by atoms with Gasteiger partial charge < -0.3 is 20.1 Å². The van der Waals surface area contributed by atoms with E-state index < -0.39 is 17.6 Å². The largest absolute Gasteiger partial charge is 0.479 e. The summed E-state index contributed by atoms with van der Waals surface area (Å²) in [6, 6.07) is 16.1. The predicted octanol–water partition coefficient (Wildman–Crippen LogP) is 4.16. The molecule has 4 fully saturated rings. The summed E-state index contributed by atoms with van der Waals surface area (Å²) < 4.78 is 5.71. The summed E-state index contributed by atoms with van der Waals surface area (Å²) in [5.41, 5.74) is 3.62. The van der Waals surface area contributed by atoms with Crippen LogP contribution in [0.5, 0.6) is 0 Å². The maximum atomic E-state index is 13.1. The average Bonchev–Trinajstić information content (AvgIpc) is 3.45. The average molecular weight is 475 g/mol. The molecule has 182 valence electrons. The van der Waals surface area contributed by atoms with Crippen LogP contribution in [0.2, 0.25) is 0 Å². The van der Waals surface area contributed by atoms with E-state index in [1.165, 1.54) is 11.1 Å². The third-order valence-electron chi connectivity index (χ3n) is 8.67. The van der Waals surface area contributed by atoms with E-state index in [-0.39, 0.29) is 42.7 Å². The third-order valence-corrected chi connectivity index (χ3v) is 8.67. The minimum atomic E-state index is -1.03. The molecule has 5 aliphatic rings. The first-order valence-electron chi connectivity index (χ1n) is 12.6. The predicted molar refractivity (Wildman–Crippen MR) is 129 cm³/mol. The monoisotopic (exact) mass is 474 g/mol. The highest BCUT2D eigenvalue weighted by molar-refractivity contribution is 5.90. The van der Waals surface area contributed by atoms with Crippen molar-refractivity contribution in [2.45, 2.75) is 56.0 Å². The Morgan fingerprint density at radius 1 is 1.03 bits per heavy atom. The van der Waals surface area contributed by atoms with Crippen LogP contribution in [0.25, 0.3) is 11.1 Å². The lowest BCUT2D eigenvalue weighted by atomic mass is 9.73. The normalized spacial score (nSPS) is 25.1. The standard InChI is InChI=1S/C28H30N2O5/c31-25(30-15-17-13-28(30,14-17)26(32)33)12-24(18-6-5-7-18)29-27(34)35-16-23-21-10-3-1-8-19(21)20-9-2-4-11-22(20)23/h1-4,8-11,17-18,23-24H,5-7,12-16H2,(H,29,34)(H,32,33). The zero-order chi connectivity index (χ0) is 24.2. The van der Waals surface area contributed by atoms with Gasteiger partial charge in [-0.2, -0.15) is 0 Å². The fraction of sp³-hybridized carbons (Fsp3) is 0.464. The number of carboxylic acid groups (broad SMARTS) is 1. The van der Waals surface area contributed by atoms with Crippen molar-refractivity contribution < 1.29 is 24.2 Å². The number of ether oxygens (including phenoxy) is 1. The number of nitrogens with one attached hydrogen (secondary N) is 1. The van der Waals surface area contributed by atoms with Crippen LogP contribution in [-0.4, -0.2) is 52.7 Å². The highest BCUT2D eigenvalue weighted by Gasteiger charge is 2.62. The van der Waals surface area contributed by atoms with E-state index in [1.54, 1.807) is 4.90 Å². The minimum Gasteiger partial charge on any atom is -0.479 e. The van der Waals surface area contributed by atoms with Gasteiger partial charge in [0.15, 0.2) is 0 Å². The van der Waals surface area contributed by atoms with Gasteiger partial charge in [0.1, 0.15) is 12.1 Å². The SMILES string of the molecule is O=C(NC(CC(=O)N1CC2CC1(C(=O)O)C2)C1CCC1)OCC1c2ccccc2-c2ccccc21. The highest BCUT2D eigenvalue weighted by Crippen LogP contribution is 2.51. The van der Waals surface area contributed by atoms with Gasteiger partial charge in [-0.05, 0) is 59.8 Å². The molecular weight excluding hydrogens is 444 g/mol. The zero-order valence-corrected chi connectivity index (χ0v) is 19.6. The summed E-state index contributed by atoms with van der Waals surface area (Å²) >= 11 is 0. The molecule has 2 heterocycles. The van der Waals surface area contributed by atoms with Crippen LogP contribution < -0.4 is 5.32 Å². The lowest BCUT2D eigenvalue weighted by Crippen LogP contribution is -2.56. The molecular formula is C28H30N2O5. The van der Waals surface area contributed by atoms with Crippen molar-refractivity contribution in [3.63, 3.8) is 0 Å². The summed E-state index contributed by atoms with van der Waals surface area (Å²) in [6.07, 6.45) is 3.67. The van der Waals surface area contributed by atoms with Gasteiger partial charge in [0.25, 0.3) is 0 Å². The molecule has 2 saturated carbocycles. The number of nitrogens with zero attached hydrogens (tertiary/aromatic N) is 1. The fourth-order valence-corrected chi connectivity index (χ4v) is 6.58. The second kappa shape index (κ2) is 8.40. The maximum Gasteiger partial charge on any atom is 0.407 e. The van der Waals surface area contributed by atoms with Crippen LogP contribution in [0.1, 0.15) is 55.6 Å². The van der Waals surface area contributed by atoms with Gasteiger partial charge in [-0.3, -0.25) is 4.79 Å². The van der Waals surface area contributed by atoms with E-state index in [2.05, 4.69) is 29.6 Å². The molecule has 2 amide bonds. The van der Waals surface area contributed by atoms with E-state index in [0.29, 0.717) is 19.4 Å². The van der Waals surface area contributed by atoms with E-state index in [4.69, 9.17) is 4.74 Å². The summed E-state index contributed by atoms with van der Waals surface area (Å²) in [7, 11) is 0. The summed E-state index contributed by atoms with van der Waals surface area (Å²) in [6.45, 7) is 0.731. The van der Waals surface area contributed by atoms with Gasteiger partial charge >= 0.3 is 12.1 Å². The van der Waals surface area contributed by atoms with Crippen LogP contribution in [-0.2, 0) is 14.3 Å². The summed E-state index contributed by atoms with van der Waals surface area (Å²) in [5.74, 6) is -0.610. The Hall–Kier alpha value is -3.35. The number of rotatable bonds is 7. The number of aliphatic carboxylic acids is 1. The molecule has 0 spiro atoms. The topological polar surface area (TPSA) is 95.9 Å². The molecule has 2 N–H and O–H groups in total. The number of fused-ring (bicyclic) bond motifs is 4. The first kappa shape index (κ1) is 22.1. The Kier molecular flexibility index (Phi) is 5.31. The molecule has 2 aromatic carbocycles. The molecule has 3 aliphatic carbocycles. The highest BCUT2D eigenvalue weighted by atomic mass is 16.5. The molecule has 35 heavy (non-hydrogen) atoms. The van der Waals surface area contributed by atoms with E-state index in [1.807, 2.05) is 24.3 Å². The molecule has 2 saturated heterocycles. The van der Waals surface area contributed by atoms with Gasteiger partial charge in [0, 0.05) is 24.9 Å². The number of carboxylic acids is 1. The summed E-state index contributed by atoms with van der Waals surface area (Å²) in [4.78, 5) is 39.4. The van der Waals surface area contributed by atoms with Crippen molar-refractivity contribution >= 4 is 18.0 Å². The lowest BCUT2D eigenvalue weighted by molar-refractivity contribution is -0.158. The van der Waals surface area contributed by atoms with Crippen molar-refractivity contribution in [2.75, 3.05) is 13.2 Å². The van der Waals surface area contributed by atoms with Gasteiger partial charge in [0.05, 0.1) is 0 Å². The Morgan fingerprint density at radius 3 is 2.23 bits per heavy atom. The molecule has 7 heteroatoms. The quantitative estimate of drug-likeness (QED) is 0.628. The molecule has 1 unspecified atom stereocenters. The van der Waals surface area contributed by atoms with Crippen molar-refractivity contribution in [1.29, 1.82) is 0 Å². The molecule has 0 aromatic heterocycles. The lowest BCUT2D eigenvalue weighted by Gasteiger charge is -2.39. The van der Waals surface area contributed by atoms with Crippen LogP contribution in [0.3, 0.4) is 0 Å². The van der Waals surface area contributed by atoms with E-state index >= 15 is 0 Å². The summed E-state index contributed by atoms with van der Waals surface area (Å²) in [5, 5.41) is 12.7. The van der Waals surface area contributed by atoms with Crippen molar-refractivity contribution in [3.8, 4) is 11.1 Å². The van der Waals surface area contributed by atoms with Crippen molar-refractivity contribution in [1.82, 2.24) is 10.2 Å². The smallest absolute Gasteiger partial charge is 0.407 e. The Bertz CT molecular complexity index is 1140. The zero-order valence-electron chi connectivity index (χ0n) is 19.6. The molecule has 2 aliphatic heterocycles. The first-order chi connectivity index (χ1) is 17.0. The third kappa shape index (κ3) is 3.60. The number of carbonyl (C=O) groups excluding carboxylic acids is 2.